The number of nitrogens with two attached hydrogens (primary N) is 1. The van der Waals surface area contributed by atoms with E-state index < -0.39 is 32.5 Å². The van der Waals surface area contributed by atoms with E-state index in [1.807, 2.05) is 0 Å². The van der Waals surface area contributed by atoms with Crippen LogP contribution in [0.15, 0.2) is 85.1 Å². The van der Waals surface area contributed by atoms with Crippen molar-refractivity contribution in [3.63, 3.8) is 0 Å². The highest BCUT2D eigenvalue weighted by atomic mass is 31.2. The Morgan fingerprint density at radius 3 is 1.22 bits per heavy atom. The van der Waals surface area contributed by atoms with Crippen LogP contribution in [0.3, 0.4) is 0 Å². The Balaban J connectivity index is 3.88. The molecule has 2 unspecified atom stereocenters. The van der Waals surface area contributed by atoms with Crippen LogP contribution < -0.4 is 5.73 Å². The fourth-order valence-corrected chi connectivity index (χ4v) is 8.22. The van der Waals surface area contributed by atoms with Gasteiger partial charge in [-0.3, -0.25) is 18.6 Å². The molecule has 0 aliphatic heterocycles. The summed E-state index contributed by atoms with van der Waals surface area (Å²) < 4.78 is 32.9. The molecule has 0 aromatic heterocycles. The molecule has 2 atom stereocenters. The molecule has 3 N–H and O–H groups in total. The number of rotatable bonds is 51. The standard InChI is InChI=1S/C58H102NO8P/c1-3-5-7-9-11-13-15-17-18-19-20-21-22-23-24-25-26-27-28-29-30-31-32-33-34-35-36-37-38-39-41-43-45-47-49-51-58(61)67-56(55-66-68(62,63)65-53-52-59)54-64-57(60)50-48-46-44-42-40-16-14-12-10-8-6-4-2/h5,7,11-14,17-18,20-21,23-24,26-27,56H,3-4,6,8-10,15-16,19,22,25,28-55,59H2,1-2H3,(H,62,63)/b7-5-,13-11-,14-12-,18-17-,21-20-,24-23-,27-26-. The van der Waals surface area contributed by atoms with Crippen molar-refractivity contribution in [3.05, 3.63) is 85.1 Å². The summed E-state index contributed by atoms with van der Waals surface area (Å²) in [5.41, 5.74) is 5.36. The third-order valence-corrected chi connectivity index (χ3v) is 12.5. The van der Waals surface area contributed by atoms with Crippen LogP contribution in [0.25, 0.3) is 0 Å². The molecule has 0 heterocycles. The first-order valence-electron chi connectivity index (χ1n) is 27.6. The number of carbonyl (C=O) groups excluding carboxylic acids is 2. The third-order valence-electron chi connectivity index (χ3n) is 11.5. The molecule has 0 rings (SSSR count). The lowest BCUT2D eigenvalue weighted by Crippen LogP contribution is -2.29. The van der Waals surface area contributed by atoms with Crippen LogP contribution in [-0.4, -0.2) is 49.3 Å². The Morgan fingerprint density at radius 1 is 0.456 bits per heavy atom. The average Bonchev–Trinajstić information content (AvgIpc) is 3.33. The second kappa shape index (κ2) is 53.5. The van der Waals surface area contributed by atoms with E-state index in [0.29, 0.717) is 6.42 Å². The van der Waals surface area contributed by atoms with Gasteiger partial charge in [-0.05, 0) is 89.9 Å². The minimum absolute atomic E-state index is 0.0505. The molecule has 0 spiro atoms. The first-order valence-corrected chi connectivity index (χ1v) is 29.1. The number of ether oxygens (including phenoxy) is 2. The second-order valence-corrected chi connectivity index (χ2v) is 19.5. The fourth-order valence-electron chi connectivity index (χ4n) is 7.46. The molecule has 10 heteroatoms. The van der Waals surface area contributed by atoms with Crippen LogP contribution in [-0.2, 0) is 32.7 Å². The number of phosphoric acid groups is 1. The average molecular weight is 972 g/mol. The van der Waals surface area contributed by atoms with E-state index in [9.17, 15) is 19.0 Å². The summed E-state index contributed by atoms with van der Waals surface area (Å²) in [4.78, 5) is 35.0. The van der Waals surface area contributed by atoms with Gasteiger partial charge in [0.1, 0.15) is 6.61 Å². The Hall–Kier alpha value is -2.81. The predicted octanol–water partition coefficient (Wildman–Crippen LogP) is 17.1. The van der Waals surface area contributed by atoms with Crippen LogP contribution in [0.4, 0.5) is 0 Å². The quantitative estimate of drug-likeness (QED) is 0.0264. The van der Waals surface area contributed by atoms with E-state index in [4.69, 9.17) is 24.3 Å². The van der Waals surface area contributed by atoms with Crippen LogP contribution in [0, 0.1) is 0 Å². The molecule has 68 heavy (non-hydrogen) atoms. The SMILES string of the molecule is CC/C=C\C/C=C\C/C=C\C/C=C\C/C=C\C/C=C\CCCCCCCCCCCCCCCCCCC(=O)OC(COC(=O)CCCCCCC/C=C\CCCCC)COP(=O)(O)OCCN. The summed E-state index contributed by atoms with van der Waals surface area (Å²) in [5.74, 6) is -0.837. The maximum absolute atomic E-state index is 12.7. The van der Waals surface area contributed by atoms with Crippen molar-refractivity contribution in [1.29, 1.82) is 0 Å². The van der Waals surface area contributed by atoms with Crippen molar-refractivity contribution in [2.75, 3.05) is 26.4 Å². The van der Waals surface area contributed by atoms with E-state index in [1.165, 1.54) is 109 Å². The van der Waals surface area contributed by atoms with Gasteiger partial charge in [-0.2, -0.15) is 0 Å². The molecule has 392 valence electrons. The zero-order valence-electron chi connectivity index (χ0n) is 43.6. The predicted molar refractivity (Wildman–Crippen MR) is 289 cm³/mol. The minimum Gasteiger partial charge on any atom is -0.462 e. The molecule has 0 amide bonds. The van der Waals surface area contributed by atoms with Crippen molar-refractivity contribution in [1.82, 2.24) is 0 Å². The Morgan fingerprint density at radius 2 is 0.809 bits per heavy atom. The summed E-state index contributed by atoms with van der Waals surface area (Å²) in [6, 6.07) is 0. The van der Waals surface area contributed by atoms with Crippen LogP contribution in [0.5, 0.6) is 0 Å². The first kappa shape index (κ1) is 65.2. The lowest BCUT2D eigenvalue weighted by Gasteiger charge is -2.19. The number of hydrogen-bond donors (Lipinski definition) is 2. The molecule has 9 nitrogen and oxygen atoms in total. The molecule has 0 radical (unpaired) electrons. The van der Waals surface area contributed by atoms with Crippen molar-refractivity contribution in [2.45, 2.75) is 245 Å². The molecule has 0 aliphatic rings. The molecule has 0 bridgehead atoms. The molecule has 0 saturated carbocycles. The van der Waals surface area contributed by atoms with Gasteiger partial charge in [0, 0.05) is 19.4 Å². The summed E-state index contributed by atoms with van der Waals surface area (Å²) in [6.45, 7) is 3.59. The van der Waals surface area contributed by atoms with Crippen molar-refractivity contribution >= 4 is 19.8 Å². The second-order valence-electron chi connectivity index (χ2n) is 18.1. The molecule has 0 aromatic rings. The number of esters is 2. The number of hydrogen-bond acceptors (Lipinski definition) is 8. The van der Waals surface area contributed by atoms with Crippen LogP contribution >= 0.6 is 7.82 Å². The zero-order valence-corrected chi connectivity index (χ0v) is 44.5. The van der Waals surface area contributed by atoms with Gasteiger partial charge >= 0.3 is 19.8 Å². The van der Waals surface area contributed by atoms with Crippen molar-refractivity contribution in [2.24, 2.45) is 5.73 Å². The Kier molecular flexibility index (Phi) is 51.3. The third kappa shape index (κ3) is 52.6. The summed E-state index contributed by atoms with van der Waals surface area (Å²) >= 11 is 0. The van der Waals surface area contributed by atoms with E-state index in [-0.39, 0.29) is 32.6 Å². The lowest BCUT2D eigenvalue weighted by molar-refractivity contribution is -0.161. The Bertz CT molecular complexity index is 1390. The van der Waals surface area contributed by atoms with Gasteiger partial charge in [-0.15, -0.1) is 0 Å². The number of unbranched alkanes of at least 4 members (excludes halogenated alkanes) is 24. The van der Waals surface area contributed by atoms with Gasteiger partial charge in [0.2, 0.25) is 0 Å². The summed E-state index contributed by atoms with van der Waals surface area (Å²) in [6.07, 6.45) is 69.3. The fraction of sp³-hybridized carbons (Fsp3) is 0.724. The van der Waals surface area contributed by atoms with E-state index in [0.717, 1.165) is 96.3 Å². The van der Waals surface area contributed by atoms with Gasteiger partial charge < -0.3 is 20.1 Å². The van der Waals surface area contributed by atoms with Gasteiger partial charge in [0.25, 0.3) is 0 Å². The smallest absolute Gasteiger partial charge is 0.462 e. The molecule has 0 saturated heterocycles. The topological polar surface area (TPSA) is 134 Å². The normalized spacial score (nSPS) is 13.8. The molecule has 0 aliphatic carbocycles. The number of phosphoric ester groups is 1. The van der Waals surface area contributed by atoms with Crippen molar-refractivity contribution in [3.8, 4) is 0 Å². The lowest BCUT2D eigenvalue weighted by atomic mass is 10.0. The molecule has 0 fully saturated rings. The van der Waals surface area contributed by atoms with Crippen LogP contribution in [0.2, 0.25) is 0 Å². The Labute approximate surface area is 417 Å². The minimum atomic E-state index is -4.38. The molecule has 0 aromatic carbocycles. The summed E-state index contributed by atoms with van der Waals surface area (Å²) in [5, 5.41) is 0. The molecular weight excluding hydrogens is 870 g/mol. The highest BCUT2D eigenvalue weighted by Gasteiger charge is 2.26. The van der Waals surface area contributed by atoms with Gasteiger partial charge in [-0.1, -0.05) is 221 Å². The van der Waals surface area contributed by atoms with Gasteiger partial charge in [0.15, 0.2) is 6.10 Å². The van der Waals surface area contributed by atoms with Gasteiger partial charge in [0.05, 0.1) is 13.2 Å². The molecular formula is C58H102NO8P. The van der Waals surface area contributed by atoms with E-state index >= 15 is 0 Å². The van der Waals surface area contributed by atoms with Gasteiger partial charge in [-0.25, -0.2) is 4.57 Å². The monoisotopic (exact) mass is 972 g/mol. The maximum Gasteiger partial charge on any atom is 0.472 e. The van der Waals surface area contributed by atoms with E-state index in [2.05, 4.69) is 98.9 Å². The highest BCUT2D eigenvalue weighted by Crippen LogP contribution is 2.43. The first-order chi connectivity index (χ1) is 33.3. The number of carbonyl (C=O) groups is 2. The van der Waals surface area contributed by atoms with E-state index in [1.54, 1.807) is 0 Å². The maximum atomic E-state index is 12.7. The highest BCUT2D eigenvalue weighted by molar-refractivity contribution is 7.47. The zero-order chi connectivity index (χ0) is 49.5. The largest absolute Gasteiger partial charge is 0.472 e. The van der Waals surface area contributed by atoms with Crippen LogP contribution in [0.1, 0.15) is 239 Å². The number of allylic oxidation sites excluding steroid dienone is 14. The summed E-state index contributed by atoms with van der Waals surface area (Å²) in [7, 11) is -4.38. The van der Waals surface area contributed by atoms with Crippen molar-refractivity contribution < 1.29 is 37.6 Å².